The molecule has 0 atom stereocenters. The van der Waals surface area contributed by atoms with Crippen molar-refractivity contribution < 1.29 is 14.3 Å². The first-order valence-corrected chi connectivity index (χ1v) is 9.23. The molecule has 0 aliphatic heterocycles. The van der Waals surface area contributed by atoms with E-state index in [1.54, 1.807) is 32.5 Å². The van der Waals surface area contributed by atoms with Gasteiger partial charge in [-0.1, -0.05) is 25.5 Å². The summed E-state index contributed by atoms with van der Waals surface area (Å²) in [6, 6.07) is 17.0. The first kappa shape index (κ1) is 19.4. The van der Waals surface area contributed by atoms with E-state index in [-0.39, 0.29) is 5.91 Å². The molecule has 0 radical (unpaired) electrons. The Morgan fingerprint density at radius 2 is 1.79 bits per heavy atom. The van der Waals surface area contributed by atoms with Gasteiger partial charge in [-0.2, -0.15) is 0 Å². The maximum absolute atomic E-state index is 12.5. The van der Waals surface area contributed by atoms with Crippen molar-refractivity contribution in [3.8, 4) is 22.8 Å². The zero-order valence-electron chi connectivity index (χ0n) is 16.4. The van der Waals surface area contributed by atoms with Crippen molar-refractivity contribution in [2.75, 3.05) is 19.5 Å². The fraction of sp³-hybridized carbons (Fsp3) is 0.217. The smallest absolute Gasteiger partial charge is 0.257 e. The summed E-state index contributed by atoms with van der Waals surface area (Å²) in [6.07, 6.45) is 3.70. The lowest BCUT2D eigenvalue weighted by molar-refractivity contribution is 0.102. The number of hydrogen-bond donors (Lipinski definition) is 1. The van der Waals surface area contributed by atoms with Gasteiger partial charge in [0.05, 0.1) is 25.5 Å². The number of nitrogens with one attached hydrogen (secondary N) is 1. The standard InChI is InChI=1S/C23H24N2O3/c1-4-5-16-6-9-18(10-7-16)25-23(26)17-8-12-21(24-15-17)20-14-19(27-2)11-13-22(20)28-3/h6-15H,4-5H2,1-3H3,(H,25,26). The molecule has 0 aliphatic carbocycles. The van der Waals surface area contributed by atoms with Gasteiger partial charge in [0, 0.05) is 17.4 Å². The Labute approximate surface area is 165 Å². The van der Waals surface area contributed by atoms with Crippen molar-refractivity contribution in [3.05, 3.63) is 71.9 Å². The number of anilines is 1. The van der Waals surface area contributed by atoms with E-state index in [1.807, 2.05) is 42.5 Å². The summed E-state index contributed by atoms with van der Waals surface area (Å²) in [5.41, 5.74) is 4.03. The highest BCUT2D eigenvalue weighted by Crippen LogP contribution is 2.32. The van der Waals surface area contributed by atoms with E-state index in [9.17, 15) is 4.79 Å². The third-order valence-electron chi connectivity index (χ3n) is 4.46. The number of ether oxygens (including phenoxy) is 2. The Bertz CT molecular complexity index is 935. The van der Waals surface area contributed by atoms with Gasteiger partial charge >= 0.3 is 0 Å². The number of rotatable bonds is 7. The maximum Gasteiger partial charge on any atom is 0.257 e. The molecule has 1 N–H and O–H groups in total. The van der Waals surface area contributed by atoms with E-state index in [4.69, 9.17) is 9.47 Å². The predicted octanol–water partition coefficient (Wildman–Crippen LogP) is 4.97. The van der Waals surface area contributed by atoms with Gasteiger partial charge in [0.25, 0.3) is 5.91 Å². The SMILES string of the molecule is CCCc1ccc(NC(=O)c2ccc(-c3cc(OC)ccc3OC)nc2)cc1. The molecule has 3 rings (SSSR count). The van der Waals surface area contributed by atoms with Gasteiger partial charge in [-0.25, -0.2) is 0 Å². The Balaban J connectivity index is 1.76. The summed E-state index contributed by atoms with van der Waals surface area (Å²) in [6.45, 7) is 2.15. The van der Waals surface area contributed by atoms with E-state index >= 15 is 0 Å². The minimum absolute atomic E-state index is 0.195. The predicted molar refractivity (Wildman–Crippen MR) is 111 cm³/mol. The van der Waals surface area contributed by atoms with Crippen molar-refractivity contribution >= 4 is 11.6 Å². The van der Waals surface area contributed by atoms with Crippen LogP contribution in [0, 0.1) is 0 Å². The molecule has 0 saturated heterocycles. The molecule has 28 heavy (non-hydrogen) atoms. The number of carbonyl (C=O) groups is 1. The average molecular weight is 376 g/mol. The van der Waals surface area contributed by atoms with Crippen LogP contribution in [0.15, 0.2) is 60.8 Å². The number of benzene rings is 2. The highest BCUT2D eigenvalue weighted by atomic mass is 16.5. The molecule has 3 aromatic rings. The van der Waals surface area contributed by atoms with E-state index in [0.29, 0.717) is 22.8 Å². The van der Waals surface area contributed by atoms with Crippen LogP contribution in [0.1, 0.15) is 29.3 Å². The Kier molecular flexibility index (Phi) is 6.27. The molecule has 5 nitrogen and oxygen atoms in total. The minimum Gasteiger partial charge on any atom is -0.497 e. The zero-order valence-corrected chi connectivity index (χ0v) is 16.4. The van der Waals surface area contributed by atoms with E-state index in [2.05, 4.69) is 17.2 Å². The number of pyridine rings is 1. The molecule has 0 bridgehead atoms. The number of aryl methyl sites for hydroxylation is 1. The van der Waals surface area contributed by atoms with Crippen molar-refractivity contribution in [1.82, 2.24) is 4.98 Å². The van der Waals surface area contributed by atoms with Gasteiger partial charge in [0.15, 0.2) is 0 Å². The minimum atomic E-state index is -0.195. The molecule has 1 heterocycles. The molecule has 1 aromatic heterocycles. The van der Waals surface area contributed by atoms with Crippen LogP contribution in [0.4, 0.5) is 5.69 Å². The largest absolute Gasteiger partial charge is 0.497 e. The fourth-order valence-electron chi connectivity index (χ4n) is 2.95. The van der Waals surface area contributed by atoms with E-state index in [1.165, 1.54) is 5.56 Å². The van der Waals surface area contributed by atoms with Crippen LogP contribution in [0.5, 0.6) is 11.5 Å². The summed E-state index contributed by atoms with van der Waals surface area (Å²) in [5.74, 6) is 1.21. The lowest BCUT2D eigenvalue weighted by Gasteiger charge is -2.11. The van der Waals surface area contributed by atoms with Crippen LogP contribution in [0.25, 0.3) is 11.3 Å². The van der Waals surface area contributed by atoms with Crippen LogP contribution in [0.3, 0.4) is 0 Å². The van der Waals surface area contributed by atoms with Crippen molar-refractivity contribution in [3.63, 3.8) is 0 Å². The molecular weight excluding hydrogens is 352 g/mol. The Hall–Kier alpha value is -3.34. The summed E-state index contributed by atoms with van der Waals surface area (Å²) in [4.78, 5) is 16.9. The second-order valence-corrected chi connectivity index (χ2v) is 6.40. The van der Waals surface area contributed by atoms with Gasteiger partial charge in [0.1, 0.15) is 11.5 Å². The zero-order chi connectivity index (χ0) is 19.9. The van der Waals surface area contributed by atoms with Crippen LogP contribution in [-0.2, 0) is 6.42 Å². The first-order valence-electron chi connectivity index (χ1n) is 9.23. The summed E-state index contributed by atoms with van der Waals surface area (Å²) < 4.78 is 10.7. The molecular formula is C23H24N2O3. The van der Waals surface area contributed by atoms with Crippen molar-refractivity contribution in [1.29, 1.82) is 0 Å². The molecule has 0 fully saturated rings. The van der Waals surface area contributed by atoms with Crippen molar-refractivity contribution in [2.24, 2.45) is 0 Å². The highest BCUT2D eigenvalue weighted by Gasteiger charge is 2.11. The molecule has 1 amide bonds. The molecule has 5 heteroatoms. The fourth-order valence-corrected chi connectivity index (χ4v) is 2.95. The Morgan fingerprint density at radius 1 is 1.00 bits per heavy atom. The summed E-state index contributed by atoms with van der Waals surface area (Å²) in [7, 11) is 3.22. The van der Waals surface area contributed by atoms with Crippen LogP contribution >= 0.6 is 0 Å². The molecule has 0 spiro atoms. The van der Waals surface area contributed by atoms with E-state index in [0.717, 1.165) is 24.1 Å². The second kappa shape index (κ2) is 9.04. The van der Waals surface area contributed by atoms with Crippen LogP contribution < -0.4 is 14.8 Å². The lowest BCUT2D eigenvalue weighted by Crippen LogP contribution is -2.12. The molecule has 0 unspecified atom stereocenters. The van der Waals surface area contributed by atoms with Crippen molar-refractivity contribution in [2.45, 2.75) is 19.8 Å². The first-order chi connectivity index (χ1) is 13.6. The van der Waals surface area contributed by atoms with Gasteiger partial charge in [-0.3, -0.25) is 9.78 Å². The summed E-state index contributed by atoms with van der Waals surface area (Å²) in [5, 5.41) is 2.90. The Morgan fingerprint density at radius 3 is 2.39 bits per heavy atom. The molecule has 0 aliphatic rings. The lowest BCUT2D eigenvalue weighted by atomic mass is 10.1. The second-order valence-electron chi connectivity index (χ2n) is 6.40. The normalized spacial score (nSPS) is 10.4. The molecule has 144 valence electrons. The quantitative estimate of drug-likeness (QED) is 0.632. The van der Waals surface area contributed by atoms with Gasteiger partial charge in [0.2, 0.25) is 0 Å². The van der Waals surface area contributed by atoms with Gasteiger partial charge in [-0.05, 0) is 54.4 Å². The summed E-state index contributed by atoms with van der Waals surface area (Å²) >= 11 is 0. The number of methoxy groups -OCH3 is 2. The van der Waals surface area contributed by atoms with Gasteiger partial charge < -0.3 is 14.8 Å². The maximum atomic E-state index is 12.5. The monoisotopic (exact) mass is 376 g/mol. The topological polar surface area (TPSA) is 60.5 Å². The number of aromatic nitrogens is 1. The molecule has 0 saturated carbocycles. The molecule has 2 aromatic carbocycles. The third-order valence-corrected chi connectivity index (χ3v) is 4.46. The average Bonchev–Trinajstić information content (AvgIpc) is 2.75. The highest BCUT2D eigenvalue weighted by molar-refractivity contribution is 6.04. The van der Waals surface area contributed by atoms with Crippen LogP contribution in [0.2, 0.25) is 0 Å². The number of amides is 1. The number of hydrogen-bond acceptors (Lipinski definition) is 4. The van der Waals surface area contributed by atoms with Gasteiger partial charge in [-0.15, -0.1) is 0 Å². The van der Waals surface area contributed by atoms with E-state index < -0.39 is 0 Å². The third kappa shape index (κ3) is 4.49. The van der Waals surface area contributed by atoms with Crippen LogP contribution in [-0.4, -0.2) is 25.1 Å². The number of carbonyl (C=O) groups excluding carboxylic acids is 1. The number of nitrogens with zero attached hydrogens (tertiary/aromatic N) is 1.